The number of carbonyl (C=O) groups is 1. The number of rotatable bonds is 3. The zero-order valence-corrected chi connectivity index (χ0v) is 14.8. The highest BCUT2D eigenvalue weighted by atomic mass is 35.5. The molecule has 0 aromatic heterocycles. The molecule has 0 spiro atoms. The summed E-state index contributed by atoms with van der Waals surface area (Å²) in [7, 11) is -4.51. The van der Waals surface area contributed by atoms with Crippen LogP contribution in [-0.4, -0.2) is 32.1 Å². The fraction of sp³-hybridized carbons (Fsp3) is 0.188. The largest absolute Gasteiger partial charge is 0.478 e. The highest BCUT2D eigenvalue weighted by molar-refractivity contribution is 7.92. The molecule has 2 aromatic rings. The van der Waals surface area contributed by atoms with Gasteiger partial charge in [0.15, 0.2) is 0 Å². The molecule has 0 aliphatic carbocycles. The maximum Gasteiger partial charge on any atom is 0.416 e. The van der Waals surface area contributed by atoms with Crippen molar-refractivity contribution in [3.05, 3.63) is 53.1 Å². The molecule has 0 amide bonds. The Kier molecular flexibility index (Phi) is 4.73. The predicted molar refractivity (Wildman–Crippen MR) is 89.5 cm³/mol. The molecule has 0 saturated heterocycles. The summed E-state index contributed by atoms with van der Waals surface area (Å²) in [4.78, 5) is 10.7. The Labute approximate surface area is 156 Å². The molecule has 1 aliphatic heterocycles. The molecule has 1 heterocycles. The average molecular weight is 422 g/mol. The molecule has 1 aliphatic rings. The van der Waals surface area contributed by atoms with Crippen molar-refractivity contribution in [1.29, 1.82) is 0 Å². The summed E-state index contributed by atoms with van der Waals surface area (Å²) in [5.41, 5.74) is -1.20. The second kappa shape index (κ2) is 6.61. The van der Waals surface area contributed by atoms with E-state index in [2.05, 4.69) is 0 Å². The van der Waals surface area contributed by atoms with Crippen LogP contribution < -0.4 is 9.04 Å². The number of nitrogens with zero attached hydrogens (tertiary/aromatic N) is 1. The first-order valence-electron chi connectivity index (χ1n) is 7.39. The van der Waals surface area contributed by atoms with Gasteiger partial charge in [0.25, 0.3) is 10.0 Å². The van der Waals surface area contributed by atoms with Gasteiger partial charge >= 0.3 is 12.1 Å². The minimum absolute atomic E-state index is 0.0580. The van der Waals surface area contributed by atoms with E-state index in [1.807, 2.05) is 0 Å². The zero-order valence-electron chi connectivity index (χ0n) is 13.3. The van der Waals surface area contributed by atoms with Gasteiger partial charge in [0.2, 0.25) is 6.10 Å². The first-order valence-corrected chi connectivity index (χ1v) is 9.21. The van der Waals surface area contributed by atoms with Crippen molar-refractivity contribution in [3.63, 3.8) is 0 Å². The lowest BCUT2D eigenvalue weighted by Crippen LogP contribution is -2.47. The highest BCUT2D eigenvalue weighted by Gasteiger charge is 2.39. The molecule has 144 valence electrons. The third-order valence-electron chi connectivity index (χ3n) is 3.82. The fourth-order valence-electron chi connectivity index (χ4n) is 2.54. The van der Waals surface area contributed by atoms with Crippen LogP contribution in [0, 0.1) is 0 Å². The molecule has 0 radical (unpaired) electrons. The Morgan fingerprint density at radius 1 is 1.22 bits per heavy atom. The monoisotopic (exact) mass is 421 g/mol. The first-order chi connectivity index (χ1) is 12.5. The van der Waals surface area contributed by atoms with Gasteiger partial charge in [-0.2, -0.15) is 13.2 Å². The van der Waals surface area contributed by atoms with Crippen LogP contribution in [0.2, 0.25) is 5.02 Å². The molecule has 0 fully saturated rings. The van der Waals surface area contributed by atoms with E-state index in [-0.39, 0.29) is 16.5 Å². The van der Waals surface area contributed by atoms with Crippen molar-refractivity contribution < 1.29 is 36.2 Å². The summed E-state index contributed by atoms with van der Waals surface area (Å²) in [6, 6.07) is 7.10. The number of aliphatic carboxylic acids is 1. The summed E-state index contributed by atoms with van der Waals surface area (Å²) < 4.78 is 70.7. The van der Waals surface area contributed by atoms with Crippen molar-refractivity contribution in [2.24, 2.45) is 0 Å². The van der Waals surface area contributed by atoms with Gasteiger partial charge in [0.05, 0.1) is 22.7 Å². The van der Waals surface area contributed by atoms with Crippen LogP contribution >= 0.6 is 11.6 Å². The van der Waals surface area contributed by atoms with Gasteiger partial charge in [0.1, 0.15) is 5.75 Å². The van der Waals surface area contributed by atoms with Crippen molar-refractivity contribution in [2.45, 2.75) is 17.2 Å². The Hall–Kier alpha value is -2.46. The number of hydrogen-bond acceptors (Lipinski definition) is 4. The number of alkyl halides is 3. The van der Waals surface area contributed by atoms with Crippen LogP contribution in [0.4, 0.5) is 18.9 Å². The van der Waals surface area contributed by atoms with Gasteiger partial charge < -0.3 is 9.84 Å². The van der Waals surface area contributed by atoms with E-state index in [1.54, 1.807) is 0 Å². The van der Waals surface area contributed by atoms with Gasteiger partial charge in [0, 0.05) is 5.02 Å². The molecule has 27 heavy (non-hydrogen) atoms. The topological polar surface area (TPSA) is 83.9 Å². The van der Waals surface area contributed by atoms with Crippen LogP contribution in [0.1, 0.15) is 5.56 Å². The Balaban J connectivity index is 2.13. The van der Waals surface area contributed by atoms with Crippen LogP contribution in [0.25, 0.3) is 0 Å². The molecule has 6 nitrogen and oxygen atoms in total. The molecule has 1 N–H and O–H groups in total. The number of anilines is 1. The molecular weight excluding hydrogens is 411 g/mol. The molecule has 0 bridgehead atoms. The fourth-order valence-corrected chi connectivity index (χ4v) is 4.22. The Morgan fingerprint density at radius 2 is 1.93 bits per heavy atom. The first kappa shape index (κ1) is 19.3. The van der Waals surface area contributed by atoms with Crippen molar-refractivity contribution in [1.82, 2.24) is 0 Å². The van der Waals surface area contributed by atoms with Gasteiger partial charge in [-0.1, -0.05) is 17.7 Å². The zero-order chi connectivity index (χ0) is 20.0. The number of carboxylic acid groups (broad SMARTS) is 1. The van der Waals surface area contributed by atoms with E-state index < -0.39 is 45.3 Å². The minimum atomic E-state index is -4.73. The van der Waals surface area contributed by atoms with E-state index in [1.165, 1.54) is 18.2 Å². The summed E-state index contributed by atoms with van der Waals surface area (Å²) in [5.74, 6) is -1.48. The van der Waals surface area contributed by atoms with Gasteiger partial charge in [-0.25, -0.2) is 13.2 Å². The number of fused-ring (bicyclic) bond motifs is 1. The van der Waals surface area contributed by atoms with Crippen molar-refractivity contribution in [3.8, 4) is 5.75 Å². The van der Waals surface area contributed by atoms with E-state index >= 15 is 0 Å². The summed E-state index contributed by atoms with van der Waals surface area (Å²) >= 11 is 5.88. The van der Waals surface area contributed by atoms with Crippen LogP contribution in [0.15, 0.2) is 47.4 Å². The number of hydrogen-bond donors (Lipinski definition) is 1. The Bertz CT molecular complexity index is 1010. The maximum absolute atomic E-state index is 13.0. The third-order valence-corrected chi connectivity index (χ3v) is 5.83. The lowest BCUT2D eigenvalue weighted by molar-refractivity contribution is -0.144. The van der Waals surface area contributed by atoms with Gasteiger partial charge in [-0.05, 0) is 36.4 Å². The second-order valence-corrected chi connectivity index (χ2v) is 7.92. The van der Waals surface area contributed by atoms with Crippen molar-refractivity contribution in [2.75, 3.05) is 10.8 Å². The molecule has 11 heteroatoms. The lowest BCUT2D eigenvalue weighted by atomic mass is 10.2. The Morgan fingerprint density at radius 3 is 2.56 bits per heavy atom. The molecular formula is C16H11ClF3NO5S. The van der Waals surface area contributed by atoms with E-state index in [4.69, 9.17) is 16.3 Å². The van der Waals surface area contributed by atoms with Crippen LogP contribution in [0.5, 0.6) is 5.75 Å². The van der Waals surface area contributed by atoms with E-state index in [9.17, 15) is 31.5 Å². The summed E-state index contributed by atoms with van der Waals surface area (Å²) in [5, 5.41) is 9.35. The number of halogens is 4. The number of ether oxygens (including phenoxy) is 1. The van der Waals surface area contributed by atoms with E-state index in [0.717, 1.165) is 18.2 Å². The number of carboxylic acids is 1. The lowest BCUT2D eigenvalue weighted by Gasteiger charge is -2.33. The van der Waals surface area contributed by atoms with Gasteiger partial charge in [-0.3, -0.25) is 4.31 Å². The number of benzene rings is 2. The second-order valence-electron chi connectivity index (χ2n) is 5.62. The standard InChI is InChI=1S/C16H11ClF3NO5S/c17-10-4-5-13-12(7-10)21(8-14(26-13)15(22)23)27(24,25)11-3-1-2-9(6-11)16(18,19)20/h1-7,14H,8H2,(H,22,23)/t14-/m1/s1. The molecule has 1 atom stereocenters. The minimum Gasteiger partial charge on any atom is -0.478 e. The maximum atomic E-state index is 13.0. The van der Waals surface area contributed by atoms with Gasteiger partial charge in [-0.15, -0.1) is 0 Å². The molecule has 3 rings (SSSR count). The van der Waals surface area contributed by atoms with Crippen molar-refractivity contribution >= 4 is 33.3 Å². The van der Waals surface area contributed by atoms with Crippen LogP contribution in [-0.2, 0) is 21.0 Å². The molecule has 0 saturated carbocycles. The predicted octanol–water partition coefficient (Wildman–Crippen LogP) is 3.40. The quantitative estimate of drug-likeness (QED) is 0.821. The van der Waals surface area contributed by atoms with E-state index in [0.29, 0.717) is 10.4 Å². The smallest absolute Gasteiger partial charge is 0.416 e. The third kappa shape index (κ3) is 3.67. The summed E-state index contributed by atoms with van der Waals surface area (Å²) in [6.07, 6.45) is -6.26. The molecule has 2 aromatic carbocycles. The number of sulfonamides is 1. The SMILES string of the molecule is O=C(O)[C@H]1CN(S(=O)(=O)c2cccc(C(F)(F)F)c2)c2cc(Cl)ccc2O1. The average Bonchev–Trinajstić information content (AvgIpc) is 2.60. The normalized spacial score (nSPS) is 17.2. The summed E-state index contributed by atoms with van der Waals surface area (Å²) in [6.45, 7) is -0.624. The highest BCUT2D eigenvalue weighted by Crippen LogP contribution is 2.39. The molecule has 0 unspecified atom stereocenters. The van der Waals surface area contributed by atoms with Crippen LogP contribution in [0.3, 0.4) is 0 Å².